The topological polar surface area (TPSA) is 35.5 Å². The van der Waals surface area contributed by atoms with Crippen molar-refractivity contribution in [3.63, 3.8) is 0 Å². The summed E-state index contributed by atoms with van der Waals surface area (Å²) in [5.41, 5.74) is -0.507. The molecule has 98 valence electrons. The van der Waals surface area contributed by atoms with Crippen molar-refractivity contribution in [3.05, 3.63) is 12.7 Å². The zero-order valence-electron chi connectivity index (χ0n) is 11.4. The van der Waals surface area contributed by atoms with Crippen LogP contribution in [0.3, 0.4) is 0 Å². The van der Waals surface area contributed by atoms with E-state index in [0.717, 1.165) is 29.7 Å². The lowest BCUT2D eigenvalue weighted by Crippen LogP contribution is -2.49. The minimum atomic E-state index is -0.507. The van der Waals surface area contributed by atoms with Gasteiger partial charge in [0.05, 0.1) is 6.10 Å². The molecule has 3 nitrogen and oxygen atoms in total. The molecule has 1 aliphatic rings. The van der Waals surface area contributed by atoms with Gasteiger partial charge in [0.15, 0.2) is 0 Å². The normalized spacial score (nSPS) is 25.0. The van der Waals surface area contributed by atoms with Crippen molar-refractivity contribution < 1.29 is 14.3 Å². The Morgan fingerprint density at radius 2 is 2.12 bits per heavy atom. The van der Waals surface area contributed by atoms with Crippen LogP contribution in [0.25, 0.3) is 0 Å². The van der Waals surface area contributed by atoms with Crippen molar-refractivity contribution in [2.24, 2.45) is 0 Å². The lowest BCUT2D eigenvalue weighted by Gasteiger charge is -2.46. The molecule has 0 N–H and O–H groups in total. The van der Waals surface area contributed by atoms with Crippen molar-refractivity contribution in [1.29, 1.82) is 0 Å². The molecule has 1 saturated heterocycles. The maximum atomic E-state index is 11.4. The van der Waals surface area contributed by atoms with Crippen molar-refractivity contribution in [1.82, 2.24) is 0 Å². The van der Waals surface area contributed by atoms with Crippen LogP contribution in [0, 0.1) is 0 Å². The average Bonchev–Trinajstić information content (AvgIpc) is 2.29. The van der Waals surface area contributed by atoms with Crippen LogP contribution in [0.15, 0.2) is 12.7 Å². The molecule has 2 atom stereocenters. The smallest absolute Gasteiger partial charge is 0.330 e. The number of hydrogen-bond donors (Lipinski definition) is 0. The Morgan fingerprint density at radius 1 is 1.47 bits per heavy atom. The van der Waals surface area contributed by atoms with Crippen LogP contribution in [0.1, 0.15) is 40.0 Å². The van der Waals surface area contributed by atoms with E-state index in [4.69, 9.17) is 9.47 Å². The summed E-state index contributed by atoms with van der Waals surface area (Å²) in [6.45, 7) is 10.4. The van der Waals surface area contributed by atoms with Crippen LogP contribution in [0.4, 0.5) is 0 Å². The first-order valence-electron chi connectivity index (χ1n) is 6.28. The molecule has 0 aliphatic carbocycles. The van der Waals surface area contributed by atoms with Gasteiger partial charge >= 0.3 is 5.97 Å². The fraction of sp³-hybridized carbons (Fsp3) is 0.769. The summed E-state index contributed by atoms with van der Waals surface area (Å²) in [7, 11) is 0.919. The first kappa shape index (κ1) is 14.4. The molecule has 0 saturated carbocycles. The molecular weight excluding hydrogens is 232 g/mol. The highest BCUT2D eigenvalue weighted by molar-refractivity contribution is 6.16. The van der Waals surface area contributed by atoms with Gasteiger partial charge in [-0.15, -0.1) is 0 Å². The van der Waals surface area contributed by atoms with Crippen molar-refractivity contribution in [2.45, 2.75) is 56.8 Å². The van der Waals surface area contributed by atoms with Gasteiger partial charge in [0, 0.05) is 28.0 Å². The number of carbonyl (C=O) groups is 1. The van der Waals surface area contributed by atoms with Crippen LogP contribution in [0.2, 0.25) is 5.04 Å². The Balaban J connectivity index is 2.78. The van der Waals surface area contributed by atoms with Gasteiger partial charge in [-0.05, 0) is 33.1 Å². The van der Waals surface area contributed by atoms with Gasteiger partial charge in [-0.3, -0.25) is 0 Å². The lowest BCUT2D eigenvalue weighted by atomic mass is 9.83. The molecule has 0 spiro atoms. The standard InChI is InChI=1S/C13H24O3Si/c1-5-11(14)16-12(2,3)13(4,17)10-8-6-7-9-15-10/h5,10H,1,6-9H2,2-4,17H3. The highest BCUT2D eigenvalue weighted by Gasteiger charge is 2.46. The largest absolute Gasteiger partial charge is 0.456 e. The maximum absolute atomic E-state index is 11.4. The van der Waals surface area contributed by atoms with E-state index in [0.29, 0.717) is 0 Å². The van der Waals surface area contributed by atoms with E-state index in [2.05, 4.69) is 13.5 Å². The van der Waals surface area contributed by atoms with Crippen LogP contribution in [-0.2, 0) is 14.3 Å². The van der Waals surface area contributed by atoms with E-state index in [-0.39, 0.29) is 17.1 Å². The Hall–Kier alpha value is -0.613. The van der Waals surface area contributed by atoms with Crippen LogP contribution >= 0.6 is 0 Å². The highest BCUT2D eigenvalue weighted by atomic mass is 28.1. The number of ether oxygens (including phenoxy) is 2. The third-order valence-corrected chi connectivity index (χ3v) is 5.91. The summed E-state index contributed by atoms with van der Waals surface area (Å²) >= 11 is 0. The second-order valence-electron chi connectivity index (χ2n) is 5.71. The van der Waals surface area contributed by atoms with E-state index in [9.17, 15) is 4.79 Å². The summed E-state index contributed by atoms with van der Waals surface area (Å²) in [4.78, 5) is 11.4. The molecule has 0 radical (unpaired) electrons. The molecule has 17 heavy (non-hydrogen) atoms. The van der Waals surface area contributed by atoms with Gasteiger partial charge in [0.25, 0.3) is 0 Å². The SMILES string of the molecule is C=CC(=O)OC(C)(C)C(C)([SiH3])C1CCCCO1. The fourth-order valence-electron chi connectivity index (χ4n) is 2.12. The Kier molecular flexibility index (Phi) is 4.55. The number of carbonyl (C=O) groups excluding carboxylic acids is 1. The Morgan fingerprint density at radius 3 is 2.59 bits per heavy atom. The van der Waals surface area contributed by atoms with Crippen molar-refractivity contribution in [2.75, 3.05) is 6.61 Å². The van der Waals surface area contributed by atoms with Crippen molar-refractivity contribution >= 4 is 16.2 Å². The number of esters is 1. The summed E-state index contributed by atoms with van der Waals surface area (Å²) in [5, 5.41) is -0.0773. The zero-order chi connectivity index (χ0) is 13.1. The molecular formula is C13H24O3Si. The number of hydrogen-bond acceptors (Lipinski definition) is 3. The maximum Gasteiger partial charge on any atom is 0.330 e. The zero-order valence-corrected chi connectivity index (χ0v) is 13.4. The predicted octanol–water partition coefficient (Wildman–Crippen LogP) is 1.61. The molecule has 0 amide bonds. The third kappa shape index (κ3) is 3.19. The lowest BCUT2D eigenvalue weighted by molar-refractivity contribution is -0.160. The van der Waals surface area contributed by atoms with Gasteiger partial charge in [-0.2, -0.15) is 0 Å². The molecule has 4 heteroatoms. The Labute approximate surface area is 107 Å². The van der Waals surface area contributed by atoms with Gasteiger partial charge in [-0.25, -0.2) is 4.79 Å². The fourth-order valence-corrected chi connectivity index (χ4v) is 2.68. The molecule has 1 rings (SSSR count). The summed E-state index contributed by atoms with van der Waals surface area (Å²) < 4.78 is 11.4. The quantitative estimate of drug-likeness (QED) is 0.435. The summed E-state index contributed by atoms with van der Waals surface area (Å²) in [6, 6.07) is 0. The molecule has 0 aromatic carbocycles. The first-order chi connectivity index (χ1) is 7.81. The minimum Gasteiger partial charge on any atom is -0.456 e. The van der Waals surface area contributed by atoms with Crippen LogP contribution in [-0.4, -0.2) is 34.5 Å². The van der Waals surface area contributed by atoms with E-state index >= 15 is 0 Å². The monoisotopic (exact) mass is 256 g/mol. The second kappa shape index (κ2) is 5.36. The molecule has 1 heterocycles. The van der Waals surface area contributed by atoms with Gasteiger partial charge < -0.3 is 9.47 Å². The molecule has 0 bridgehead atoms. The number of rotatable bonds is 4. The van der Waals surface area contributed by atoms with Gasteiger partial charge in [0.2, 0.25) is 0 Å². The van der Waals surface area contributed by atoms with Crippen molar-refractivity contribution in [3.8, 4) is 0 Å². The van der Waals surface area contributed by atoms with Crippen LogP contribution < -0.4 is 0 Å². The van der Waals surface area contributed by atoms with Crippen LogP contribution in [0.5, 0.6) is 0 Å². The van der Waals surface area contributed by atoms with Gasteiger partial charge in [0.1, 0.15) is 5.60 Å². The predicted molar refractivity (Wildman–Crippen MR) is 72.3 cm³/mol. The summed E-state index contributed by atoms with van der Waals surface area (Å²) in [5.74, 6) is -0.354. The molecule has 1 aliphatic heterocycles. The second-order valence-corrected chi connectivity index (χ2v) is 7.79. The van der Waals surface area contributed by atoms with E-state index < -0.39 is 5.60 Å². The summed E-state index contributed by atoms with van der Waals surface area (Å²) in [6.07, 6.45) is 4.83. The van der Waals surface area contributed by atoms with E-state index in [1.807, 2.05) is 13.8 Å². The molecule has 1 fully saturated rings. The molecule has 2 unspecified atom stereocenters. The molecule has 0 aromatic heterocycles. The average molecular weight is 256 g/mol. The minimum absolute atomic E-state index is 0.0773. The van der Waals surface area contributed by atoms with E-state index in [1.165, 1.54) is 12.5 Å². The third-order valence-electron chi connectivity index (χ3n) is 4.06. The highest BCUT2D eigenvalue weighted by Crippen LogP contribution is 2.45. The Bertz CT molecular complexity index is 291. The molecule has 0 aromatic rings. The van der Waals surface area contributed by atoms with Gasteiger partial charge in [-0.1, -0.05) is 13.5 Å². The van der Waals surface area contributed by atoms with E-state index in [1.54, 1.807) is 0 Å². The first-order valence-corrected chi connectivity index (χ1v) is 7.28.